The molecule has 3 atom stereocenters. The minimum Gasteiger partial charge on any atom is -0.508 e. The number of phenolic OH excluding ortho intramolecular Hbond substituents is 1. The Morgan fingerprint density at radius 1 is 1.21 bits per heavy atom. The molecule has 1 aromatic rings. The number of hydrogen-bond donors (Lipinski definition) is 1. The first kappa shape index (κ1) is 19.9. The molecule has 1 N–H and O–H groups in total. The average Bonchev–Trinajstić information content (AvgIpc) is 2.93. The number of ether oxygens (including phenoxy) is 1. The van der Waals surface area contributed by atoms with E-state index in [1.54, 1.807) is 12.1 Å². The first-order valence-electron chi connectivity index (χ1n) is 9.22. The van der Waals surface area contributed by atoms with Crippen LogP contribution in [0.2, 0.25) is 0 Å². The molecule has 2 fully saturated rings. The molecule has 1 saturated carbocycles. The predicted octanol–water partition coefficient (Wildman–Crippen LogP) is 2.28. The van der Waals surface area contributed by atoms with Gasteiger partial charge in [-0.05, 0) is 60.8 Å². The highest BCUT2D eigenvalue weighted by molar-refractivity contribution is 7.87. The van der Waals surface area contributed by atoms with Crippen molar-refractivity contribution in [2.24, 2.45) is 11.8 Å². The number of fused-ring (bicyclic) bond motifs is 1. The number of benzene rings is 1. The van der Waals surface area contributed by atoms with E-state index in [4.69, 9.17) is 4.74 Å². The molecule has 3 aliphatic rings. The Morgan fingerprint density at radius 3 is 2.46 bits per heavy atom. The van der Waals surface area contributed by atoms with Crippen molar-refractivity contribution in [1.82, 2.24) is 8.61 Å². The number of nitrogens with zero attached hydrogens (tertiary/aromatic N) is 2. The van der Waals surface area contributed by atoms with Crippen LogP contribution < -0.4 is 0 Å². The Labute approximate surface area is 162 Å². The first-order valence-corrected chi connectivity index (χ1v) is 10.6. The molecule has 156 valence electrons. The smallest absolute Gasteiger partial charge is 0.402 e. The summed E-state index contributed by atoms with van der Waals surface area (Å²) in [6.07, 6.45) is -2.04. The average molecular weight is 420 g/mol. The van der Waals surface area contributed by atoms with E-state index in [2.05, 4.69) is 0 Å². The van der Waals surface area contributed by atoms with Crippen LogP contribution in [0.1, 0.15) is 24.0 Å². The van der Waals surface area contributed by atoms with Crippen LogP contribution in [0, 0.1) is 11.8 Å². The highest BCUT2D eigenvalue weighted by atomic mass is 32.2. The van der Waals surface area contributed by atoms with Crippen LogP contribution in [0.25, 0.3) is 0 Å². The number of halogens is 3. The monoisotopic (exact) mass is 420 g/mol. The molecule has 1 saturated heterocycles. The number of hydrogen-bond acceptors (Lipinski definition) is 4. The molecule has 0 aromatic heterocycles. The number of aromatic hydroxyl groups is 1. The summed E-state index contributed by atoms with van der Waals surface area (Å²) in [5.41, 5.74) is 1.03. The number of methoxy groups -OCH3 is 1. The van der Waals surface area contributed by atoms with Crippen molar-refractivity contribution in [2.45, 2.75) is 37.4 Å². The van der Waals surface area contributed by atoms with Crippen molar-refractivity contribution >= 4 is 10.2 Å². The molecule has 4 rings (SSSR count). The summed E-state index contributed by atoms with van der Waals surface area (Å²) in [4.78, 5) is 0. The Hall–Kier alpha value is -1.36. The number of rotatable bonds is 3. The summed E-state index contributed by atoms with van der Waals surface area (Å²) < 4.78 is 72.2. The van der Waals surface area contributed by atoms with Gasteiger partial charge < -0.3 is 9.84 Å². The van der Waals surface area contributed by atoms with Crippen LogP contribution in [0.4, 0.5) is 13.2 Å². The van der Waals surface area contributed by atoms with Crippen LogP contribution in [0.3, 0.4) is 0 Å². The zero-order valence-electron chi connectivity index (χ0n) is 15.4. The third-order valence-corrected chi connectivity index (χ3v) is 8.41. The summed E-state index contributed by atoms with van der Waals surface area (Å²) in [5.74, 6) is -0.104. The minimum atomic E-state index is -4.62. The van der Waals surface area contributed by atoms with E-state index in [0.29, 0.717) is 17.1 Å². The molecule has 0 amide bonds. The molecule has 28 heavy (non-hydrogen) atoms. The molecule has 1 aliphatic heterocycles. The van der Waals surface area contributed by atoms with Crippen molar-refractivity contribution in [3.8, 4) is 5.75 Å². The van der Waals surface area contributed by atoms with Crippen molar-refractivity contribution in [2.75, 3.05) is 26.9 Å². The van der Waals surface area contributed by atoms with Gasteiger partial charge in [-0.15, -0.1) is 0 Å². The second-order valence-corrected chi connectivity index (χ2v) is 9.83. The Kier molecular flexibility index (Phi) is 4.68. The standard InChI is InChI=1S/C18H23F3N2O4S/c1-27-11-23-17(9-22(28(23,25)26)10-18(19,20)21)14-3-4-15(17)7-13-8-16(24)5-2-12(13)6-14/h2,5,8,14-15,24H,3-4,6-7,9-11H2,1H3/t14-,15+,17+/m0/s1. The molecule has 2 aliphatic carbocycles. The second-order valence-electron chi connectivity index (χ2n) is 7.98. The molecular weight excluding hydrogens is 397 g/mol. The summed E-state index contributed by atoms with van der Waals surface area (Å²) >= 11 is 0. The van der Waals surface area contributed by atoms with Gasteiger partial charge in [-0.3, -0.25) is 0 Å². The highest BCUT2D eigenvalue weighted by Gasteiger charge is 2.65. The molecule has 1 spiro atoms. The Bertz CT molecular complexity index is 876. The zero-order chi connectivity index (χ0) is 20.3. The summed E-state index contributed by atoms with van der Waals surface area (Å²) in [6, 6.07) is 5.11. The third-order valence-electron chi connectivity index (χ3n) is 6.50. The maximum Gasteiger partial charge on any atom is 0.402 e. The highest BCUT2D eigenvalue weighted by Crippen LogP contribution is 2.55. The van der Waals surface area contributed by atoms with Crippen molar-refractivity contribution < 1.29 is 31.4 Å². The lowest BCUT2D eigenvalue weighted by Crippen LogP contribution is -2.55. The number of alkyl halides is 3. The third kappa shape index (κ3) is 3.01. The van der Waals surface area contributed by atoms with E-state index < -0.39 is 28.5 Å². The van der Waals surface area contributed by atoms with Gasteiger partial charge in [0, 0.05) is 13.7 Å². The molecule has 10 heteroatoms. The fourth-order valence-corrected chi connectivity index (χ4v) is 7.41. The summed E-state index contributed by atoms with van der Waals surface area (Å²) in [6.45, 7) is -1.96. The minimum absolute atomic E-state index is 0.105. The van der Waals surface area contributed by atoms with Gasteiger partial charge in [0.2, 0.25) is 0 Å². The van der Waals surface area contributed by atoms with Crippen molar-refractivity contribution in [3.63, 3.8) is 0 Å². The Morgan fingerprint density at radius 2 is 1.86 bits per heavy atom. The molecule has 0 unspecified atom stereocenters. The lowest BCUT2D eigenvalue weighted by Gasteiger charge is -2.40. The fourth-order valence-electron chi connectivity index (χ4n) is 5.43. The van der Waals surface area contributed by atoms with Gasteiger partial charge in [-0.2, -0.15) is 30.2 Å². The van der Waals surface area contributed by atoms with E-state index in [-0.39, 0.29) is 30.9 Å². The SMILES string of the molecule is COCN1[C@@]2(CN(CC(F)(F)F)S1(=O)=O)[C@@H]1CC[C@H]2Cc2ccc(O)cc2C1. The first-order chi connectivity index (χ1) is 13.1. The lowest BCUT2D eigenvalue weighted by atomic mass is 9.78. The van der Waals surface area contributed by atoms with E-state index in [1.165, 1.54) is 11.4 Å². The normalized spacial score (nSPS) is 32.6. The zero-order valence-corrected chi connectivity index (χ0v) is 16.3. The van der Waals surface area contributed by atoms with Crippen LogP contribution in [-0.4, -0.2) is 60.8 Å². The van der Waals surface area contributed by atoms with Crippen LogP contribution in [0.5, 0.6) is 5.75 Å². The van der Waals surface area contributed by atoms with Crippen molar-refractivity contribution in [3.05, 3.63) is 29.3 Å². The van der Waals surface area contributed by atoms with Gasteiger partial charge in [0.25, 0.3) is 10.2 Å². The van der Waals surface area contributed by atoms with Crippen LogP contribution >= 0.6 is 0 Å². The van der Waals surface area contributed by atoms with Gasteiger partial charge in [0.15, 0.2) is 0 Å². The van der Waals surface area contributed by atoms with Gasteiger partial charge >= 0.3 is 6.18 Å². The van der Waals surface area contributed by atoms with Crippen molar-refractivity contribution in [1.29, 1.82) is 0 Å². The molecule has 6 nitrogen and oxygen atoms in total. The van der Waals surface area contributed by atoms with Gasteiger partial charge in [0.1, 0.15) is 19.0 Å². The molecule has 1 aromatic carbocycles. The lowest BCUT2D eigenvalue weighted by molar-refractivity contribution is -0.136. The molecular formula is C18H23F3N2O4S. The maximum absolute atomic E-state index is 13.1. The topological polar surface area (TPSA) is 70.1 Å². The van der Waals surface area contributed by atoms with E-state index in [9.17, 15) is 26.7 Å². The Balaban J connectivity index is 1.79. The number of phenols is 1. The largest absolute Gasteiger partial charge is 0.508 e. The van der Waals surface area contributed by atoms with Gasteiger partial charge in [-0.1, -0.05) is 6.07 Å². The summed E-state index contributed by atoms with van der Waals surface area (Å²) in [5, 5.41) is 9.84. The quantitative estimate of drug-likeness (QED) is 0.815. The summed E-state index contributed by atoms with van der Waals surface area (Å²) in [7, 11) is -2.95. The second kappa shape index (κ2) is 6.58. The predicted molar refractivity (Wildman–Crippen MR) is 94.7 cm³/mol. The van der Waals surface area contributed by atoms with E-state index in [0.717, 1.165) is 24.0 Å². The maximum atomic E-state index is 13.1. The van der Waals surface area contributed by atoms with E-state index in [1.807, 2.05) is 6.07 Å². The van der Waals surface area contributed by atoms with E-state index >= 15 is 0 Å². The molecule has 1 heterocycles. The van der Waals surface area contributed by atoms with Crippen LogP contribution in [-0.2, 0) is 27.8 Å². The van der Waals surface area contributed by atoms with Gasteiger partial charge in [0.05, 0.1) is 5.54 Å². The van der Waals surface area contributed by atoms with Crippen LogP contribution in [0.15, 0.2) is 18.2 Å². The molecule has 2 bridgehead atoms. The molecule has 0 radical (unpaired) electrons. The van der Waals surface area contributed by atoms with Gasteiger partial charge in [-0.25, -0.2) is 0 Å². The fraction of sp³-hybridized carbons (Fsp3) is 0.667.